The summed E-state index contributed by atoms with van der Waals surface area (Å²) in [5, 5.41) is 9.42. The molecule has 0 bridgehead atoms. The molecule has 1 fully saturated rings. The summed E-state index contributed by atoms with van der Waals surface area (Å²) in [6, 6.07) is 5.39. The molecular weight excluding hydrogens is 252 g/mol. The molecule has 2 rings (SSSR count). The van der Waals surface area contributed by atoms with Gasteiger partial charge in [0.25, 0.3) is 5.91 Å². The molecule has 1 amide bonds. The van der Waals surface area contributed by atoms with Gasteiger partial charge in [-0.3, -0.25) is 9.69 Å². The first kappa shape index (κ1) is 14.9. The molecule has 0 radical (unpaired) electrons. The quantitative estimate of drug-likeness (QED) is 0.917. The van der Waals surface area contributed by atoms with Gasteiger partial charge in [0.2, 0.25) is 0 Å². The number of likely N-dealkylation sites (tertiary alicyclic amines) is 1. The molecule has 1 aliphatic rings. The lowest BCUT2D eigenvalue weighted by Gasteiger charge is -2.28. The Balaban J connectivity index is 2.05. The van der Waals surface area contributed by atoms with Crippen molar-refractivity contribution < 1.29 is 9.90 Å². The van der Waals surface area contributed by atoms with Gasteiger partial charge < -0.3 is 10.0 Å². The maximum atomic E-state index is 12.5. The molecule has 20 heavy (non-hydrogen) atoms. The van der Waals surface area contributed by atoms with Crippen molar-refractivity contribution in [3.05, 3.63) is 29.3 Å². The highest BCUT2D eigenvalue weighted by molar-refractivity contribution is 5.95. The molecule has 110 valence electrons. The molecule has 1 aromatic rings. The molecule has 0 aromatic heterocycles. The minimum atomic E-state index is 0.0328. The van der Waals surface area contributed by atoms with Crippen molar-refractivity contribution >= 4 is 5.91 Å². The second-order valence-corrected chi connectivity index (χ2v) is 5.61. The number of carbonyl (C=O) groups excluding carboxylic acids is 1. The molecule has 1 heterocycles. The Kier molecular flexibility index (Phi) is 4.65. The van der Waals surface area contributed by atoms with Gasteiger partial charge in [0.05, 0.1) is 0 Å². The van der Waals surface area contributed by atoms with Crippen molar-refractivity contribution in [2.75, 3.05) is 26.7 Å². The number of rotatable bonds is 4. The SMILES string of the molecule is CCN1CCCC1CN(C)C(=O)c1ccc(O)cc1C. The standard InChI is InChI=1S/C16H24N2O2/c1-4-18-9-5-6-13(18)11-17(3)16(20)15-8-7-14(19)10-12(15)2/h7-8,10,13,19H,4-6,9,11H2,1-3H3. The van der Waals surface area contributed by atoms with Crippen LogP contribution >= 0.6 is 0 Å². The van der Waals surface area contributed by atoms with Crippen LogP contribution in [-0.2, 0) is 0 Å². The monoisotopic (exact) mass is 276 g/mol. The van der Waals surface area contributed by atoms with E-state index in [2.05, 4.69) is 11.8 Å². The second kappa shape index (κ2) is 6.27. The van der Waals surface area contributed by atoms with Crippen LogP contribution in [0, 0.1) is 6.92 Å². The lowest BCUT2D eigenvalue weighted by molar-refractivity contribution is 0.0754. The fraction of sp³-hybridized carbons (Fsp3) is 0.562. The maximum absolute atomic E-state index is 12.5. The van der Waals surface area contributed by atoms with Crippen molar-refractivity contribution in [3.8, 4) is 5.75 Å². The fourth-order valence-corrected chi connectivity index (χ4v) is 3.01. The van der Waals surface area contributed by atoms with E-state index in [-0.39, 0.29) is 11.7 Å². The molecule has 1 aliphatic heterocycles. The van der Waals surface area contributed by atoms with Crippen molar-refractivity contribution in [3.63, 3.8) is 0 Å². The molecule has 1 aromatic carbocycles. The Labute approximate surface area is 121 Å². The molecule has 0 spiro atoms. The van der Waals surface area contributed by atoms with E-state index in [1.807, 2.05) is 14.0 Å². The lowest BCUT2D eigenvalue weighted by Crippen LogP contribution is -2.41. The predicted octanol–water partition coefficient (Wildman–Crippen LogP) is 2.26. The van der Waals surface area contributed by atoms with Crippen molar-refractivity contribution in [2.45, 2.75) is 32.7 Å². The van der Waals surface area contributed by atoms with Crippen LogP contribution in [0.3, 0.4) is 0 Å². The van der Waals surface area contributed by atoms with Gasteiger partial charge in [0, 0.05) is 25.2 Å². The molecule has 4 nitrogen and oxygen atoms in total. The van der Waals surface area contributed by atoms with Crippen LogP contribution in [0.1, 0.15) is 35.7 Å². The summed E-state index contributed by atoms with van der Waals surface area (Å²) in [5.74, 6) is 0.236. The zero-order valence-corrected chi connectivity index (χ0v) is 12.6. The number of hydrogen-bond donors (Lipinski definition) is 1. The largest absolute Gasteiger partial charge is 0.508 e. The maximum Gasteiger partial charge on any atom is 0.253 e. The van der Waals surface area contributed by atoms with E-state index in [0.717, 1.165) is 25.2 Å². The number of phenols is 1. The predicted molar refractivity (Wildman–Crippen MR) is 80.1 cm³/mol. The first-order chi connectivity index (χ1) is 9.52. The highest BCUT2D eigenvalue weighted by Crippen LogP contribution is 2.20. The van der Waals surface area contributed by atoms with E-state index in [0.29, 0.717) is 11.6 Å². The molecule has 0 saturated carbocycles. The zero-order valence-electron chi connectivity index (χ0n) is 12.6. The summed E-state index contributed by atoms with van der Waals surface area (Å²) in [6.07, 6.45) is 2.39. The van der Waals surface area contributed by atoms with Crippen LogP contribution in [0.4, 0.5) is 0 Å². The van der Waals surface area contributed by atoms with Gasteiger partial charge in [-0.1, -0.05) is 6.92 Å². The van der Waals surface area contributed by atoms with Gasteiger partial charge in [0.15, 0.2) is 0 Å². The summed E-state index contributed by atoms with van der Waals surface area (Å²) < 4.78 is 0. The lowest BCUT2D eigenvalue weighted by atomic mass is 10.1. The third kappa shape index (κ3) is 3.12. The van der Waals surface area contributed by atoms with E-state index in [1.165, 1.54) is 12.8 Å². The van der Waals surface area contributed by atoms with E-state index in [9.17, 15) is 9.90 Å². The number of nitrogens with zero attached hydrogens (tertiary/aromatic N) is 2. The summed E-state index contributed by atoms with van der Waals surface area (Å²) in [6.45, 7) is 6.98. The first-order valence-electron chi connectivity index (χ1n) is 7.32. The number of aryl methyl sites for hydroxylation is 1. The number of carbonyl (C=O) groups is 1. The molecule has 1 unspecified atom stereocenters. The number of benzene rings is 1. The molecule has 0 aliphatic carbocycles. The van der Waals surface area contributed by atoms with Gasteiger partial charge in [-0.25, -0.2) is 0 Å². The van der Waals surface area contributed by atoms with Crippen LogP contribution < -0.4 is 0 Å². The summed E-state index contributed by atoms with van der Waals surface area (Å²) in [7, 11) is 1.86. The van der Waals surface area contributed by atoms with E-state index >= 15 is 0 Å². The number of hydrogen-bond acceptors (Lipinski definition) is 3. The van der Waals surface area contributed by atoms with E-state index < -0.39 is 0 Å². The molecular formula is C16H24N2O2. The van der Waals surface area contributed by atoms with Crippen LogP contribution in [0.2, 0.25) is 0 Å². The number of likely N-dealkylation sites (N-methyl/N-ethyl adjacent to an activating group) is 2. The summed E-state index contributed by atoms with van der Waals surface area (Å²) in [5.41, 5.74) is 1.49. The van der Waals surface area contributed by atoms with Crippen molar-refractivity contribution in [1.82, 2.24) is 9.80 Å². The van der Waals surface area contributed by atoms with Crippen LogP contribution in [0.5, 0.6) is 5.75 Å². The van der Waals surface area contributed by atoms with Gasteiger partial charge >= 0.3 is 0 Å². The van der Waals surface area contributed by atoms with Crippen molar-refractivity contribution in [1.29, 1.82) is 0 Å². The fourth-order valence-electron chi connectivity index (χ4n) is 3.01. The third-order valence-corrected chi connectivity index (χ3v) is 4.18. The number of phenolic OH excluding ortho intramolecular Hbond substituents is 1. The van der Waals surface area contributed by atoms with E-state index in [1.54, 1.807) is 23.1 Å². The minimum absolute atomic E-state index is 0.0328. The first-order valence-corrected chi connectivity index (χ1v) is 7.32. The van der Waals surface area contributed by atoms with Gasteiger partial charge in [-0.2, -0.15) is 0 Å². The Morgan fingerprint density at radius 3 is 2.90 bits per heavy atom. The minimum Gasteiger partial charge on any atom is -0.508 e. The van der Waals surface area contributed by atoms with Gasteiger partial charge in [-0.15, -0.1) is 0 Å². The smallest absolute Gasteiger partial charge is 0.253 e. The topological polar surface area (TPSA) is 43.8 Å². The molecule has 4 heteroatoms. The normalized spacial score (nSPS) is 19.2. The third-order valence-electron chi connectivity index (χ3n) is 4.18. The molecule has 1 atom stereocenters. The highest BCUT2D eigenvalue weighted by Gasteiger charge is 2.26. The summed E-state index contributed by atoms with van der Waals surface area (Å²) in [4.78, 5) is 16.7. The number of amides is 1. The zero-order chi connectivity index (χ0) is 14.7. The molecule has 1 N–H and O–H groups in total. The Morgan fingerprint density at radius 1 is 1.50 bits per heavy atom. The van der Waals surface area contributed by atoms with Crippen LogP contribution in [-0.4, -0.2) is 53.5 Å². The Morgan fingerprint density at radius 2 is 2.25 bits per heavy atom. The van der Waals surface area contributed by atoms with E-state index in [4.69, 9.17) is 0 Å². The van der Waals surface area contributed by atoms with Gasteiger partial charge in [0.1, 0.15) is 5.75 Å². The Hall–Kier alpha value is -1.55. The average Bonchev–Trinajstić information content (AvgIpc) is 2.85. The highest BCUT2D eigenvalue weighted by atomic mass is 16.3. The average molecular weight is 276 g/mol. The van der Waals surface area contributed by atoms with Crippen LogP contribution in [0.15, 0.2) is 18.2 Å². The van der Waals surface area contributed by atoms with Crippen molar-refractivity contribution in [2.24, 2.45) is 0 Å². The second-order valence-electron chi connectivity index (χ2n) is 5.61. The van der Waals surface area contributed by atoms with Gasteiger partial charge in [-0.05, 0) is 56.6 Å². The number of aromatic hydroxyl groups is 1. The molecule has 1 saturated heterocycles. The summed E-state index contributed by atoms with van der Waals surface area (Å²) >= 11 is 0. The van der Waals surface area contributed by atoms with Crippen LogP contribution in [0.25, 0.3) is 0 Å². The Bertz CT molecular complexity index is 487.